The molecule has 0 aromatic heterocycles. The van der Waals surface area contributed by atoms with E-state index in [4.69, 9.17) is 27.9 Å². The standard InChI is InChI=1S/C17H17Cl2NO/c1-20-10-13(11-20)17(21-14-5-3-2-4-6-14)12-7-8-15(18)16(19)9-12/h2-9,13,17H,10-11H2,1H3. The summed E-state index contributed by atoms with van der Waals surface area (Å²) < 4.78 is 6.22. The number of halogens is 2. The number of hydrogen-bond acceptors (Lipinski definition) is 2. The quantitative estimate of drug-likeness (QED) is 0.811. The maximum atomic E-state index is 6.22. The highest BCUT2D eigenvalue weighted by Gasteiger charge is 2.34. The lowest BCUT2D eigenvalue weighted by molar-refractivity contribution is 0.0241. The van der Waals surface area contributed by atoms with Gasteiger partial charge in [-0.1, -0.05) is 47.5 Å². The van der Waals surface area contributed by atoms with Crippen molar-refractivity contribution in [2.24, 2.45) is 5.92 Å². The highest BCUT2D eigenvalue weighted by atomic mass is 35.5. The number of para-hydroxylation sites is 1. The third-order valence-corrected chi connectivity index (χ3v) is 4.54. The Morgan fingerprint density at radius 2 is 1.76 bits per heavy atom. The van der Waals surface area contributed by atoms with Crippen LogP contribution in [-0.4, -0.2) is 25.0 Å². The van der Waals surface area contributed by atoms with E-state index >= 15 is 0 Å². The maximum Gasteiger partial charge on any atom is 0.129 e. The highest BCUT2D eigenvalue weighted by Crippen LogP contribution is 2.36. The van der Waals surface area contributed by atoms with Gasteiger partial charge < -0.3 is 9.64 Å². The van der Waals surface area contributed by atoms with E-state index in [1.165, 1.54) is 0 Å². The van der Waals surface area contributed by atoms with Crippen molar-refractivity contribution in [1.29, 1.82) is 0 Å². The van der Waals surface area contributed by atoms with Crippen molar-refractivity contribution in [3.05, 3.63) is 64.1 Å². The number of likely N-dealkylation sites (tertiary alicyclic amines) is 1. The third kappa shape index (κ3) is 3.34. The van der Waals surface area contributed by atoms with E-state index in [1.54, 1.807) is 0 Å². The van der Waals surface area contributed by atoms with Crippen molar-refractivity contribution in [2.75, 3.05) is 20.1 Å². The highest BCUT2D eigenvalue weighted by molar-refractivity contribution is 6.42. The molecule has 0 spiro atoms. The van der Waals surface area contributed by atoms with Crippen molar-refractivity contribution in [3.63, 3.8) is 0 Å². The smallest absolute Gasteiger partial charge is 0.129 e. The Labute approximate surface area is 135 Å². The number of ether oxygens (including phenoxy) is 1. The zero-order chi connectivity index (χ0) is 14.8. The monoisotopic (exact) mass is 321 g/mol. The number of rotatable bonds is 4. The minimum Gasteiger partial charge on any atom is -0.485 e. The summed E-state index contributed by atoms with van der Waals surface area (Å²) in [6, 6.07) is 15.7. The van der Waals surface area contributed by atoms with Gasteiger partial charge in [-0.25, -0.2) is 0 Å². The predicted molar refractivity (Wildman–Crippen MR) is 87.3 cm³/mol. The fourth-order valence-electron chi connectivity index (χ4n) is 2.71. The van der Waals surface area contributed by atoms with Crippen LogP contribution in [-0.2, 0) is 0 Å². The predicted octanol–water partition coefficient (Wildman–Crippen LogP) is 4.68. The van der Waals surface area contributed by atoms with Crippen LogP contribution in [0.3, 0.4) is 0 Å². The van der Waals surface area contributed by atoms with E-state index in [1.807, 2.05) is 48.5 Å². The molecule has 1 fully saturated rings. The van der Waals surface area contributed by atoms with Crippen molar-refractivity contribution in [2.45, 2.75) is 6.10 Å². The van der Waals surface area contributed by atoms with Gasteiger partial charge in [0, 0.05) is 19.0 Å². The van der Waals surface area contributed by atoms with Crippen LogP contribution >= 0.6 is 23.2 Å². The summed E-state index contributed by atoms with van der Waals surface area (Å²) in [5, 5.41) is 1.15. The molecule has 3 rings (SSSR count). The first kappa shape index (κ1) is 14.7. The Hall–Kier alpha value is -1.22. The summed E-state index contributed by atoms with van der Waals surface area (Å²) in [6.45, 7) is 2.05. The molecule has 1 aliphatic heterocycles. The molecule has 1 heterocycles. The van der Waals surface area contributed by atoms with Gasteiger partial charge >= 0.3 is 0 Å². The van der Waals surface area contributed by atoms with Crippen LogP contribution < -0.4 is 4.74 Å². The lowest BCUT2D eigenvalue weighted by Gasteiger charge is -2.41. The van der Waals surface area contributed by atoms with Crippen molar-refractivity contribution in [3.8, 4) is 5.75 Å². The first-order valence-corrected chi connectivity index (χ1v) is 7.74. The van der Waals surface area contributed by atoms with Gasteiger partial charge in [0.1, 0.15) is 11.9 Å². The Balaban J connectivity index is 1.86. The van der Waals surface area contributed by atoms with Gasteiger partial charge in [0.15, 0.2) is 0 Å². The van der Waals surface area contributed by atoms with Gasteiger partial charge in [-0.05, 0) is 36.9 Å². The average molecular weight is 322 g/mol. The Bertz CT molecular complexity index is 611. The van der Waals surface area contributed by atoms with Crippen molar-refractivity contribution >= 4 is 23.2 Å². The second-order valence-corrected chi connectivity index (χ2v) is 6.32. The number of nitrogens with zero attached hydrogens (tertiary/aromatic N) is 1. The van der Waals surface area contributed by atoms with Gasteiger partial charge in [0.2, 0.25) is 0 Å². The average Bonchev–Trinajstić information content (AvgIpc) is 2.46. The van der Waals surface area contributed by atoms with E-state index < -0.39 is 0 Å². The Morgan fingerprint density at radius 3 is 2.38 bits per heavy atom. The van der Waals surface area contributed by atoms with Gasteiger partial charge in [0.05, 0.1) is 10.0 Å². The second kappa shape index (κ2) is 6.27. The summed E-state index contributed by atoms with van der Waals surface area (Å²) in [7, 11) is 2.12. The number of benzene rings is 2. The van der Waals surface area contributed by atoms with E-state index in [0.29, 0.717) is 16.0 Å². The number of hydrogen-bond donors (Lipinski definition) is 0. The Kier molecular flexibility index (Phi) is 4.39. The summed E-state index contributed by atoms with van der Waals surface area (Å²) in [6.07, 6.45) is -0.00151. The molecule has 1 aliphatic rings. The fourth-order valence-corrected chi connectivity index (χ4v) is 3.02. The van der Waals surface area contributed by atoms with Gasteiger partial charge in [0.25, 0.3) is 0 Å². The molecule has 2 nitrogen and oxygen atoms in total. The van der Waals surface area contributed by atoms with Crippen molar-refractivity contribution in [1.82, 2.24) is 4.90 Å². The molecule has 1 saturated heterocycles. The van der Waals surface area contributed by atoms with Crippen LogP contribution in [0.1, 0.15) is 11.7 Å². The molecule has 0 radical (unpaired) electrons. The van der Waals surface area contributed by atoms with Gasteiger partial charge in [-0.3, -0.25) is 0 Å². The minimum atomic E-state index is -0.00151. The van der Waals surface area contributed by atoms with Crippen LogP contribution in [0.4, 0.5) is 0 Å². The molecule has 2 aromatic rings. The van der Waals surface area contributed by atoms with Gasteiger partial charge in [-0.15, -0.1) is 0 Å². The fraction of sp³-hybridized carbons (Fsp3) is 0.294. The van der Waals surface area contributed by atoms with Crippen LogP contribution in [0.25, 0.3) is 0 Å². The van der Waals surface area contributed by atoms with E-state index in [9.17, 15) is 0 Å². The largest absolute Gasteiger partial charge is 0.485 e. The molecule has 1 unspecified atom stereocenters. The molecule has 0 bridgehead atoms. The molecule has 4 heteroatoms. The molecule has 21 heavy (non-hydrogen) atoms. The van der Waals surface area contributed by atoms with E-state index in [0.717, 1.165) is 24.4 Å². The molecule has 0 amide bonds. The summed E-state index contributed by atoms with van der Waals surface area (Å²) in [5.74, 6) is 1.34. The maximum absolute atomic E-state index is 6.22. The minimum absolute atomic E-state index is 0.00151. The topological polar surface area (TPSA) is 12.5 Å². The third-order valence-electron chi connectivity index (χ3n) is 3.80. The zero-order valence-electron chi connectivity index (χ0n) is 11.8. The summed E-state index contributed by atoms with van der Waals surface area (Å²) >= 11 is 12.2. The van der Waals surface area contributed by atoms with Crippen LogP contribution in [0.5, 0.6) is 5.75 Å². The molecule has 110 valence electrons. The lowest BCUT2D eigenvalue weighted by atomic mass is 9.89. The molecular formula is C17H17Cl2NO. The normalized spacial score (nSPS) is 17.3. The molecule has 0 N–H and O–H groups in total. The zero-order valence-corrected chi connectivity index (χ0v) is 13.3. The second-order valence-electron chi connectivity index (χ2n) is 5.51. The SMILES string of the molecule is CN1CC(C(Oc2ccccc2)c2ccc(Cl)c(Cl)c2)C1. The first-order valence-electron chi connectivity index (χ1n) is 6.98. The van der Waals surface area contributed by atoms with Crippen molar-refractivity contribution < 1.29 is 4.74 Å². The van der Waals surface area contributed by atoms with E-state index in [-0.39, 0.29) is 6.10 Å². The molecule has 1 atom stereocenters. The van der Waals surface area contributed by atoms with E-state index in [2.05, 4.69) is 11.9 Å². The van der Waals surface area contributed by atoms with Crippen LogP contribution in [0.2, 0.25) is 10.0 Å². The molecule has 0 saturated carbocycles. The summed E-state index contributed by atoms with van der Waals surface area (Å²) in [4.78, 5) is 2.28. The lowest BCUT2D eigenvalue weighted by Crippen LogP contribution is -2.47. The summed E-state index contributed by atoms with van der Waals surface area (Å²) in [5.41, 5.74) is 1.08. The molecule has 0 aliphatic carbocycles. The van der Waals surface area contributed by atoms with Crippen LogP contribution in [0, 0.1) is 5.92 Å². The Morgan fingerprint density at radius 1 is 1.05 bits per heavy atom. The first-order chi connectivity index (χ1) is 10.1. The van der Waals surface area contributed by atoms with Gasteiger partial charge in [-0.2, -0.15) is 0 Å². The molecule has 2 aromatic carbocycles. The molecular weight excluding hydrogens is 305 g/mol. The van der Waals surface area contributed by atoms with Crippen LogP contribution in [0.15, 0.2) is 48.5 Å².